The summed E-state index contributed by atoms with van der Waals surface area (Å²) in [6.07, 6.45) is 4.61. The lowest BCUT2D eigenvalue weighted by molar-refractivity contribution is 0.102. The molecule has 4 aromatic heterocycles. The number of benzene rings is 3. The molecule has 0 aliphatic rings. The number of fused-ring (bicyclic) bond motifs is 2. The number of halogens is 1. The summed E-state index contributed by atoms with van der Waals surface area (Å²) in [6, 6.07) is 24.5. The van der Waals surface area contributed by atoms with Crippen molar-refractivity contribution in [2.24, 2.45) is 0 Å². The van der Waals surface area contributed by atoms with Gasteiger partial charge in [0.15, 0.2) is 11.5 Å². The number of H-pyrrole nitrogens is 2. The number of aromatic nitrogens is 6. The Morgan fingerprint density at radius 3 is 2.54 bits per heavy atom. The molecule has 0 saturated heterocycles. The summed E-state index contributed by atoms with van der Waals surface area (Å²) in [6.45, 7) is 0. The molecule has 7 aromatic rings. The number of rotatable bonds is 8. The number of hydrogen-bond donors (Lipinski definition) is 3. The highest BCUT2D eigenvalue weighted by atomic mass is 32.2. The maximum Gasteiger partial charge on any atom is 0.255 e. The Bertz CT molecular complexity index is 2370. The number of hydrogen-bond acceptors (Lipinski definition) is 7. The second-order valence-electron chi connectivity index (χ2n) is 11.0. The van der Waals surface area contributed by atoms with Crippen molar-refractivity contribution in [3.63, 3.8) is 0 Å². The van der Waals surface area contributed by atoms with E-state index in [0.29, 0.717) is 72.8 Å². The van der Waals surface area contributed by atoms with Gasteiger partial charge in [-0.05, 0) is 66.1 Å². The zero-order valence-corrected chi connectivity index (χ0v) is 25.3. The summed E-state index contributed by atoms with van der Waals surface area (Å²) < 4.78 is 38.0. The molecule has 0 aliphatic heterocycles. The molecule has 0 unspecified atom stereocenters. The van der Waals surface area contributed by atoms with Gasteiger partial charge in [0, 0.05) is 29.1 Å². The molecule has 0 spiro atoms. The molecule has 3 N–H and O–H groups in total. The Hall–Kier alpha value is -5.75. The molecule has 0 radical (unpaired) electrons. The van der Waals surface area contributed by atoms with Gasteiger partial charge in [-0.15, -0.1) is 0 Å². The Labute approximate surface area is 262 Å². The summed E-state index contributed by atoms with van der Waals surface area (Å²) in [5.41, 5.74) is 7.34. The minimum atomic E-state index is -3.20. The van der Waals surface area contributed by atoms with Gasteiger partial charge in [0.2, 0.25) is 0 Å². The van der Waals surface area contributed by atoms with Crippen LogP contribution in [-0.2, 0) is 16.3 Å². The molecule has 1 amide bonds. The molecule has 0 aliphatic carbocycles. The van der Waals surface area contributed by atoms with Crippen molar-refractivity contribution >= 4 is 43.5 Å². The lowest BCUT2D eigenvalue weighted by Crippen LogP contribution is -2.11. The number of para-hydroxylation sites is 1. The van der Waals surface area contributed by atoms with E-state index in [0.717, 1.165) is 6.26 Å². The molecule has 12 heteroatoms. The SMILES string of the molecule is CS(=O)(=O)CCc1cc(F)cc(-c2cccc3[nH]c(-c4n[nH]c5ccc(-c6cncc(NC(=O)c7ccccc7)c6)nc45)nc23)c1. The van der Waals surface area contributed by atoms with Crippen molar-refractivity contribution in [3.05, 3.63) is 114 Å². The first kappa shape index (κ1) is 29.0. The van der Waals surface area contributed by atoms with Crippen molar-refractivity contribution in [3.8, 4) is 33.9 Å². The summed E-state index contributed by atoms with van der Waals surface area (Å²) >= 11 is 0. The van der Waals surface area contributed by atoms with Gasteiger partial charge in [0.05, 0.1) is 39.9 Å². The van der Waals surface area contributed by atoms with E-state index in [2.05, 4.69) is 25.5 Å². The molecule has 3 aromatic carbocycles. The average Bonchev–Trinajstić information content (AvgIpc) is 3.68. The first-order chi connectivity index (χ1) is 22.2. The number of nitrogens with zero attached hydrogens (tertiary/aromatic N) is 4. The average molecular weight is 632 g/mol. The van der Waals surface area contributed by atoms with Crippen molar-refractivity contribution in [2.45, 2.75) is 6.42 Å². The van der Waals surface area contributed by atoms with E-state index in [4.69, 9.17) is 9.97 Å². The number of aryl methyl sites for hydroxylation is 1. The number of nitrogens with one attached hydrogen (secondary N) is 3. The topological polar surface area (TPSA) is 146 Å². The van der Waals surface area contributed by atoms with Crippen LogP contribution in [0.15, 0.2) is 97.3 Å². The zero-order chi connectivity index (χ0) is 31.8. The molecular weight excluding hydrogens is 605 g/mol. The van der Waals surface area contributed by atoms with E-state index in [1.54, 1.807) is 48.8 Å². The Morgan fingerprint density at radius 1 is 0.870 bits per heavy atom. The third kappa shape index (κ3) is 5.97. The summed E-state index contributed by atoms with van der Waals surface area (Å²) in [4.78, 5) is 30.0. The molecule has 0 fully saturated rings. The third-order valence-corrected chi connectivity index (χ3v) is 8.45. The molecule has 7 rings (SSSR count). The monoisotopic (exact) mass is 631 g/mol. The molecule has 46 heavy (non-hydrogen) atoms. The predicted molar refractivity (Wildman–Crippen MR) is 175 cm³/mol. The van der Waals surface area contributed by atoms with Crippen LogP contribution in [0.5, 0.6) is 0 Å². The van der Waals surface area contributed by atoms with Gasteiger partial charge in [0.25, 0.3) is 5.91 Å². The fourth-order valence-electron chi connectivity index (χ4n) is 5.30. The zero-order valence-electron chi connectivity index (χ0n) is 24.5. The highest BCUT2D eigenvalue weighted by molar-refractivity contribution is 7.90. The van der Waals surface area contributed by atoms with Crippen LogP contribution < -0.4 is 5.32 Å². The van der Waals surface area contributed by atoms with E-state index in [1.165, 1.54) is 12.1 Å². The van der Waals surface area contributed by atoms with Crippen molar-refractivity contribution in [1.82, 2.24) is 30.1 Å². The molecule has 10 nitrogen and oxygen atoms in total. The molecule has 228 valence electrons. The lowest BCUT2D eigenvalue weighted by atomic mass is 10.0. The van der Waals surface area contributed by atoms with Crippen LogP contribution in [0.4, 0.5) is 10.1 Å². The highest BCUT2D eigenvalue weighted by Gasteiger charge is 2.18. The number of carbonyl (C=O) groups is 1. The number of amides is 1. The van der Waals surface area contributed by atoms with E-state index in [-0.39, 0.29) is 18.1 Å². The van der Waals surface area contributed by atoms with Gasteiger partial charge in [-0.3, -0.25) is 14.9 Å². The third-order valence-electron chi connectivity index (χ3n) is 7.50. The molecule has 4 heterocycles. The summed E-state index contributed by atoms with van der Waals surface area (Å²) in [5.74, 6) is -0.306. The Kier molecular flexibility index (Phi) is 7.33. The van der Waals surface area contributed by atoms with Gasteiger partial charge >= 0.3 is 0 Å². The van der Waals surface area contributed by atoms with Crippen LogP contribution in [-0.4, -0.2) is 56.5 Å². The Morgan fingerprint density at radius 2 is 1.72 bits per heavy atom. The minimum absolute atomic E-state index is 0.0729. The van der Waals surface area contributed by atoms with Crippen molar-refractivity contribution in [2.75, 3.05) is 17.3 Å². The fraction of sp³-hybridized carbons (Fsp3) is 0.0882. The maximum atomic E-state index is 14.7. The second-order valence-corrected chi connectivity index (χ2v) is 13.2. The maximum absolute atomic E-state index is 14.7. The Balaban J connectivity index is 1.22. The normalized spacial score (nSPS) is 11.7. The van der Waals surface area contributed by atoms with E-state index < -0.39 is 15.7 Å². The molecule has 0 saturated carbocycles. The van der Waals surface area contributed by atoms with Crippen molar-refractivity contribution < 1.29 is 17.6 Å². The highest BCUT2D eigenvalue weighted by Crippen LogP contribution is 2.33. The van der Waals surface area contributed by atoms with Crippen LogP contribution in [0.3, 0.4) is 0 Å². The number of pyridine rings is 2. The second kappa shape index (κ2) is 11.6. The van der Waals surface area contributed by atoms with Crippen LogP contribution >= 0.6 is 0 Å². The van der Waals surface area contributed by atoms with Gasteiger partial charge in [-0.25, -0.2) is 22.8 Å². The predicted octanol–water partition coefficient (Wildman–Crippen LogP) is 6.21. The van der Waals surface area contributed by atoms with E-state index in [1.807, 2.05) is 36.4 Å². The number of carbonyl (C=O) groups excluding carboxylic acids is 1. The fourth-order valence-corrected chi connectivity index (χ4v) is 5.90. The quantitative estimate of drug-likeness (QED) is 0.181. The number of aromatic amines is 2. The summed E-state index contributed by atoms with van der Waals surface area (Å²) in [7, 11) is -3.20. The van der Waals surface area contributed by atoms with E-state index >= 15 is 0 Å². The van der Waals surface area contributed by atoms with Crippen LogP contribution in [0, 0.1) is 5.82 Å². The van der Waals surface area contributed by atoms with Crippen molar-refractivity contribution in [1.29, 1.82) is 0 Å². The molecule has 0 bridgehead atoms. The molecular formula is C34H26FN7O3S. The van der Waals surface area contributed by atoms with Gasteiger partial charge < -0.3 is 10.3 Å². The van der Waals surface area contributed by atoms with Crippen LogP contribution in [0.25, 0.3) is 56.0 Å². The smallest absolute Gasteiger partial charge is 0.255 e. The van der Waals surface area contributed by atoms with Gasteiger partial charge in [0.1, 0.15) is 21.2 Å². The summed E-state index contributed by atoms with van der Waals surface area (Å²) in [5, 5.41) is 10.4. The van der Waals surface area contributed by atoms with Gasteiger partial charge in [-0.1, -0.05) is 36.4 Å². The first-order valence-electron chi connectivity index (χ1n) is 14.3. The first-order valence-corrected chi connectivity index (χ1v) is 16.4. The van der Waals surface area contributed by atoms with Gasteiger partial charge in [-0.2, -0.15) is 5.10 Å². The number of anilines is 1. The number of imidazole rings is 1. The largest absolute Gasteiger partial charge is 0.336 e. The molecule has 0 atom stereocenters. The van der Waals surface area contributed by atoms with Crippen LogP contribution in [0.2, 0.25) is 0 Å². The minimum Gasteiger partial charge on any atom is -0.336 e. The van der Waals surface area contributed by atoms with E-state index in [9.17, 15) is 17.6 Å². The number of sulfone groups is 1. The van der Waals surface area contributed by atoms with Crippen LogP contribution in [0.1, 0.15) is 15.9 Å². The lowest BCUT2D eigenvalue weighted by Gasteiger charge is -2.07. The standard InChI is InChI=1S/C34H26FN7O3S/c1-46(44,45)13-12-20-14-22(16-24(35)15-20)26-8-5-9-28-30(26)40-33(39-28)32-31-29(41-42-32)11-10-27(38-31)23-17-25(19-36-18-23)37-34(43)21-6-3-2-4-7-21/h2-11,14-19H,12-13H2,1H3,(H,37,43)(H,39,40)(H,41,42).